The number of carbonyl (C=O) groups is 2. The summed E-state index contributed by atoms with van der Waals surface area (Å²) in [6, 6.07) is 15.1. The third-order valence-electron chi connectivity index (χ3n) is 3.44. The number of aromatic amines is 1. The van der Waals surface area contributed by atoms with E-state index in [9.17, 15) is 9.59 Å². The fourth-order valence-corrected chi connectivity index (χ4v) is 3.04. The van der Waals surface area contributed by atoms with Gasteiger partial charge in [-0.1, -0.05) is 12.1 Å². The zero-order valence-corrected chi connectivity index (χ0v) is 14.5. The number of H-pyrrole nitrogens is 1. The van der Waals surface area contributed by atoms with Gasteiger partial charge in [0.1, 0.15) is 5.82 Å². The summed E-state index contributed by atoms with van der Waals surface area (Å²) >= 11 is 1.44. The number of rotatable bonds is 6. The number of imidazole rings is 1. The van der Waals surface area contributed by atoms with Gasteiger partial charge in [0.25, 0.3) is 0 Å². The van der Waals surface area contributed by atoms with Crippen molar-refractivity contribution in [2.75, 3.05) is 11.1 Å². The number of anilines is 1. The highest BCUT2D eigenvalue weighted by molar-refractivity contribution is 8.00. The molecule has 2 aromatic carbocycles. The molecule has 0 fully saturated rings. The van der Waals surface area contributed by atoms with Gasteiger partial charge in [-0.2, -0.15) is 0 Å². The highest BCUT2D eigenvalue weighted by Gasteiger charge is 2.06. The van der Waals surface area contributed by atoms with Crippen LogP contribution in [0.5, 0.6) is 0 Å². The van der Waals surface area contributed by atoms with E-state index in [-0.39, 0.29) is 11.8 Å². The Balaban J connectivity index is 1.47. The van der Waals surface area contributed by atoms with E-state index < -0.39 is 0 Å². The van der Waals surface area contributed by atoms with E-state index in [0.29, 0.717) is 12.3 Å². The SMILES string of the molecule is CC(=O)Nc1ccc(SCC(=O)NCc2nc3ccccc3[nH]2)cc1. The Labute approximate surface area is 149 Å². The predicted octanol–water partition coefficient (Wildman–Crippen LogP) is 2.93. The van der Waals surface area contributed by atoms with Gasteiger partial charge in [0.15, 0.2) is 0 Å². The molecule has 1 aromatic heterocycles. The van der Waals surface area contributed by atoms with Gasteiger partial charge in [0, 0.05) is 17.5 Å². The third kappa shape index (κ3) is 4.84. The molecule has 0 atom stereocenters. The van der Waals surface area contributed by atoms with Crippen molar-refractivity contribution in [1.82, 2.24) is 15.3 Å². The minimum absolute atomic E-state index is 0.0589. The van der Waals surface area contributed by atoms with Crippen LogP contribution in [0.3, 0.4) is 0 Å². The number of benzene rings is 2. The molecule has 7 heteroatoms. The first-order valence-corrected chi connectivity index (χ1v) is 8.79. The predicted molar refractivity (Wildman–Crippen MR) is 99.4 cm³/mol. The summed E-state index contributed by atoms with van der Waals surface area (Å²) in [5, 5.41) is 5.57. The fraction of sp³-hybridized carbons (Fsp3) is 0.167. The van der Waals surface area contributed by atoms with Crippen molar-refractivity contribution < 1.29 is 9.59 Å². The molecule has 0 spiro atoms. The molecule has 0 aliphatic heterocycles. The molecule has 0 saturated heterocycles. The zero-order valence-electron chi connectivity index (χ0n) is 13.7. The van der Waals surface area contributed by atoms with Crippen molar-refractivity contribution >= 4 is 40.3 Å². The van der Waals surface area contributed by atoms with Crippen molar-refractivity contribution in [3.8, 4) is 0 Å². The number of nitrogens with one attached hydrogen (secondary N) is 3. The normalized spacial score (nSPS) is 10.6. The molecule has 2 amide bonds. The average molecular weight is 354 g/mol. The second kappa shape index (κ2) is 7.85. The number of para-hydroxylation sites is 2. The lowest BCUT2D eigenvalue weighted by molar-refractivity contribution is -0.118. The van der Waals surface area contributed by atoms with Gasteiger partial charge in [-0.3, -0.25) is 9.59 Å². The third-order valence-corrected chi connectivity index (χ3v) is 4.45. The summed E-state index contributed by atoms with van der Waals surface area (Å²) in [5.41, 5.74) is 2.59. The van der Waals surface area contributed by atoms with Gasteiger partial charge >= 0.3 is 0 Å². The van der Waals surface area contributed by atoms with E-state index in [4.69, 9.17) is 0 Å². The molecule has 0 aliphatic carbocycles. The van der Waals surface area contributed by atoms with E-state index in [0.717, 1.165) is 27.4 Å². The first kappa shape index (κ1) is 17.0. The summed E-state index contributed by atoms with van der Waals surface area (Å²) in [7, 11) is 0. The average Bonchev–Trinajstić information content (AvgIpc) is 3.02. The minimum atomic E-state index is -0.106. The number of carbonyl (C=O) groups excluding carboxylic acids is 2. The first-order valence-electron chi connectivity index (χ1n) is 7.81. The van der Waals surface area contributed by atoms with Crippen molar-refractivity contribution in [1.29, 1.82) is 0 Å². The largest absolute Gasteiger partial charge is 0.348 e. The fourth-order valence-electron chi connectivity index (χ4n) is 2.31. The van der Waals surface area contributed by atoms with Gasteiger partial charge < -0.3 is 15.6 Å². The van der Waals surface area contributed by atoms with Crippen LogP contribution in [0.15, 0.2) is 53.4 Å². The molecular weight excluding hydrogens is 336 g/mol. The van der Waals surface area contributed by atoms with Gasteiger partial charge in [0.2, 0.25) is 11.8 Å². The van der Waals surface area contributed by atoms with Crippen LogP contribution < -0.4 is 10.6 Å². The van der Waals surface area contributed by atoms with Crippen molar-refractivity contribution in [2.24, 2.45) is 0 Å². The second-order valence-corrected chi connectivity index (χ2v) is 6.52. The number of amides is 2. The van der Waals surface area contributed by atoms with Crippen LogP contribution in [0.4, 0.5) is 5.69 Å². The number of nitrogens with zero attached hydrogens (tertiary/aromatic N) is 1. The lowest BCUT2D eigenvalue weighted by Gasteiger charge is -2.05. The Morgan fingerprint density at radius 2 is 1.88 bits per heavy atom. The Morgan fingerprint density at radius 3 is 2.60 bits per heavy atom. The lowest BCUT2D eigenvalue weighted by Crippen LogP contribution is -2.25. The van der Waals surface area contributed by atoms with Crippen LogP contribution >= 0.6 is 11.8 Å². The minimum Gasteiger partial charge on any atom is -0.348 e. The lowest BCUT2D eigenvalue weighted by atomic mass is 10.3. The van der Waals surface area contributed by atoms with Crippen molar-refractivity contribution in [3.05, 3.63) is 54.4 Å². The summed E-state index contributed by atoms with van der Waals surface area (Å²) in [4.78, 5) is 31.5. The van der Waals surface area contributed by atoms with E-state index in [1.165, 1.54) is 18.7 Å². The Hall–Kier alpha value is -2.80. The standard InChI is InChI=1S/C18H18N4O2S/c1-12(23)20-13-6-8-14(9-7-13)25-11-18(24)19-10-17-21-15-4-2-3-5-16(15)22-17/h2-9H,10-11H2,1H3,(H,19,24)(H,20,23)(H,21,22). The molecule has 0 saturated carbocycles. The number of fused-ring (bicyclic) bond motifs is 1. The molecule has 0 unspecified atom stereocenters. The molecule has 3 rings (SSSR count). The molecule has 6 nitrogen and oxygen atoms in total. The van der Waals surface area contributed by atoms with Crippen LogP contribution in [0, 0.1) is 0 Å². The van der Waals surface area contributed by atoms with Crippen LogP contribution in [0.25, 0.3) is 11.0 Å². The van der Waals surface area contributed by atoms with Crippen LogP contribution in [-0.4, -0.2) is 27.5 Å². The molecule has 128 valence electrons. The van der Waals surface area contributed by atoms with Gasteiger partial charge in [-0.25, -0.2) is 4.98 Å². The Bertz CT molecular complexity index is 856. The number of hydrogen-bond acceptors (Lipinski definition) is 4. The molecule has 0 aliphatic rings. The summed E-state index contributed by atoms with van der Waals surface area (Å²) in [5.74, 6) is 0.890. The summed E-state index contributed by atoms with van der Waals surface area (Å²) < 4.78 is 0. The van der Waals surface area contributed by atoms with Crippen LogP contribution in [-0.2, 0) is 16.1 Å². The molecule has 3 N–H and O–H groups in total. The quantitative estimate of drug-likeness (QED) is 0.594. The van der Waals surface area contributed by atoms with Crippen molar-refractivity contribution in [3.63, 3.8) is 0 Å². The summed E-state index contributed by atoms with van der Waals surface area (Å²) in [6.45, 7) is 1.84. The van der Waals surface area contributed by atoms with Gasteiger partial charge in [-0.15, -0.1) is 11.8 Å². The highest BCUT2D eigenvalue weighted by Crippen LogP contribution is 2.20. The van der Waals surface area contributed by atoms with E-state index in [1.807, 2.05) is 48.5 Å². The van der Waals surface area contributed by atoms with Gasteiger partial charge in [0.05, 0.1) is 23.3 Å². The monoisotopic (exact) mass is 354 g/mol. The topological polar surface area (TPSA) is 86.9 Å². The number of thioether (sulfide) groups is 1. The molecule has 1 heterocycles. The maximum atomic E-state index is 12.0. The van der Waals surface area contributed by atoms with Gasteiger partial charge in [-0.05, 0) is 36.4 Å². The Kier molecular flexibility index (Phi) is 5.35. The number of aromatic nitrogens is 2. The molecular formula is C18H18N4O2S. The maximum Gasteiger partial charge on any atom is 0.230 e. The maximum absolute atomic E-state index is 12.0. The van der Waals surface area contributed by atoms with E-state index in [2.05, 4.69) is 20.6 Å². The highest BCUT2D eigenvalue weighted by atomic mass is 32.2. The molecule has 25 heavy (non-hydrogen) atoms. The second-order valence-electron chi connectivity index (χ2n) is 5.47. The Morgan fingerprint density at radius 1 is 1.12 bits per heavy atom. The van der Waals surface area contributed by atoms with E-state index >= 15 is 0 Å². The smallest absolute Gasteiger partial charge is 0.230 e. The molecule has 0 radical (unpaired) electrons. The zero-order chi connectivity index (χ0) is 17.6. The number of hydrogen-bond donors (Lipinski definition) is 3. The molecule has 0 bridgehead atoms. The summed E-state index contributed by atoms with van der Waals surface area (Å²) in [6.07, 6.45) is 0. The molecule has 3 aromatic rings. The van der Waals surface area contributed by atoms with E-state index in [1.54, 1.807) is 0 Å². The van der Waals surface area contributed by atoms with Crippen LogP contribution in [0.2, 0.25) is 0 Å². The first-order chi connectivity index (χ1) is 12.1. The van der Waals surface area contributed by atoms with Crippen LogP contribution in [0.1, 0.15) is 12.7 Å². The van der Waals surface area contributed by atoms with Crippen molar-refractivity contribution in [2.45, 2.75) is 18.4 Å².